The van der Waals surface area contributed by atoms with Crippen LogP contribution in [0, 0.1) is 161 Å². The number of hydrogen-bond donors (Lipinski definition) is 0. The highest BCUT2D eigenvalue weighted by molar-refractivity contribution is 5.66. The van der Waals surface area contributed by atoms with E-state index >= 15 is 0 Å². The van der Waals surface area contributed by atoms with Gasteiger partial charge in [-0.05, 0) is 315 Å². The van der Waals surface area contributed by atoms with E-state index in [1.807, 2.05) is 0 Å². The average molecular weight is 1280 g/mol. The second-order valence-corrected chi connectivity index (χ2v) is 41.1. The number of carbonyl (C=O) groups is 2. The van der Waals surface area contributed by atoms with Gasteiger partial charge in [0.05, 0.1) is 0 Å². The Morgan fingerprint density at radius 3 is 1.39 bits per heavy atom. The Morgan fingerprint density at radius 1 is 0.452 bits per heavy atom. The predicted molar refractivity (Wildman–Crippen MR) is 391 cm³/mol. The first-order chi connectivity index (χ1) is 43.6. The normalized spacial score (nSPS) is 48.0. The third-order valence-corrected chi connectivity index (χ3v) is 35.5. The highest BCUT2D eigenvalue weighted by Crippen LogP contribution is 2.78. The first-order valence-corrected chi connectivity index (χ1v) is 41.3. The lowest BCUT2D eigenvalue weighted by atomic mass is 9.32. The highest BCUT2D eigenvalue weighted by Gasteiger charge is 2.71. The van der Waals surface area contributed by atoms with Gasteiger partial charge in [-0.15, -0.1) is 0 Å². The van der Waals surface area contributed by atoms with Crippen LogP contribution in [0.4, 0.5) is 0 Å². The third kappa shape index (κ3) is 12.8. The number of esters is 2. The van der Waals surface area contributed by atoms with Crippen molar-refractivity contribution >= 4 is 11.9 Å². The van der Waals surface area contributed by atoms with Crippen molar-refractivity contribution in [2.45, 2.75) is 363 Å². The zero-order chi connectivity index (χ0) is 67.4. The first-order valence-electron chi connectivity index (χ1n) is 41.3. The summed E-state index contributed by atoms with van der Waals surface area (Å²) in [6.07, 6.45) is 49.6. The standard InChI is InChI=1S/C31H54.2C29H48O2/c1-20(2)22-13-15-28(6)18-19-30(8)23(26(22)28)10-11-25-29(7)16-12-21(3)27(4,5)24(29)14-17-31(25,30)9;2*1-19(2)8-7-9-20(3)25-12-13-26-24-11-10-22-18-23(31-21(4)30)14-16-28(22,5)27(24)15-17-29(25,26)6/h20-26H,10-19H2,1-9H3;2*10,19-20,23-27H,7-9,11-18H2,1-6H3/t21?,22-,23+,24?,25+,26?,28+,29-,30+,31+;20-,23+,24+,25-,26+,27+,28+,29-;20-,23-,24+,25-,26+,27+,28+,29-/m011/s1. The van der Waals surface area contributed by atoms with E-state index in [-0.39, 0.29) is 24.1 Å². The smallest absolute Gasteiger partial charge is 0.302 e. The molecule has 11 fully saturated rings. The maximum Gasteiger partial charge on any atom is 0.302 e. The second-order valence-electron chi connectivity index (χ2n) is 41.1. The quantitative estimate of drug-likeness (QED) is 0.136. The van der Waals surface area contributed by atoms with E-state index in [1.165, 1.54) is 173 Å². The summed E-state index contributed by atoms with van der Waals surface area (Å²) in [7, 11) is 0. The lowest BCUT2D eigenvalue weighted by Crippen LogP contribution is -2.66. The van der Waals surface area contributed by atoms with Gasteiger partial charge in [0.1, 0.15) is 12.2 Å². The summed E-state index contributed by atoms with van der Waals surface area (Å²) < 4.78 is 11.2. The number of hydrogen-bond acceptors (Lipinski definition) is 4. The summed E-state index contributed by atoms with van der Waals surface area (Å²) in [5, 5.41) is 0. The van der Waals surface area contributed by atoms with Gasteiger partial charge in [-0.2, -0.15) is 0 Å². The van der Waals surface area contributed by atoms with Gasteiger partial charge >= 0.3 is 11.9 Å². The minimum atomic E-state index is -0.115. The zero-order valence-corrected chi connectivity index (χ0v) is 65.0. The second kappa shape index (κ2) is 27.1. The molecule has 26 atom stereocenters. The molecule has 530 valence electrons. The van der Waals surface area contributed by atoms with E-state index in [1.54, 1.807) is 31.4 Å². The summed E-state index contributed by atoms with van der Waals surface area (Å²) in [6.45, 7) is 52.2. The molecule has 11 saturated carbocycles. The number of allylic oxidation sites excluding steroid dienone is 2. The van der Waals surface area contributed by atoms with E-state index < -0.39 is 0 Å². The lowest BCUT2D eigenvalue weighted by molar-refractivity contribution is -0.242. The van der Waals surface area contributed by atoms with Crippen LogP contribution in [0.5, 0.6) is 0 Å². The molecule has 0 aliphatic heterocycles. The van der Waals surface area contributed by atoms with Crippen LogP contribution in [0.25, 0.3) is 0 Å². The van der Waals surface area contributed by atoms with Crippen molar-refractivity contribution in [3.63, 3.8) is 0 Å². The summed E-state index contributed by atoms with van der Waals surface area (Å²) in [6, 6.07) is 0. The van der Waals surface area contributed by atoms with Crippen molar-refractivity contribution in [2.75, 3.05) is 0 Å². The predicted octanol–water partition coefficient (Wildman–Crippen LogP) is 25.3. The maximum absolute atomic E-state index is 11.5. The van der Waals surface area contributed by atoms with Crippen LogP contribution in [0.1, 0.15) is 351 Å². The van der Waals surface area contributed by atoms with Gasteiger partial charge in [0.25, 0.3) is 0 Å². The van der Waals surface area contributed by atoms with Crippen LogP contribution in [0.3, 0.4) is 0 Å². The SMILES string of the molecule is CC(=O)O[C@@H]1CC[C@@]2(C)C(=CC[C@H]3[C@@H]4CC[C@H]([C@H](C)CCCC(C)C)[C@@]4(C)CC[C@@H]32)C1.CC(=O)O[C@H]1CC[C@@]2(C)C(=CC[C@H]3[C@@H]4CC[C@H]([C@H](C)CCCC(C)C)[C@@]4(C)CC[C@@H]32)C1.CC(C)[C@@H]1CC[C@]2(C)CC[C@]3(C)[C@H](CC[C@@H]4[C@@]5(C)CCC(C)C(C)(C)C5CC[C@]43C)C12. The van der Waals surface area contributed by atoms with Crippen molar-refractivity contribution in [2.24, 2.45) is 161 Å². The van der Waals surface area contributed by atoms with Crippen LogP contribution < -0.4 is 0 Å². The molecular weight excluding hydrogens is 1130 g/mol. The molecule has 4 heteroatoms. The summed E-state index contributed by atoms with van der Waals surface area (Å²) in [5.74, 6) is 17.0. The molecule has 0 bridgehead atoms. The van der Waals surface area contributed by atoms with Crippen molar-refractivity contribution in [3.05, 3.63) is 23.3 Å². The molecule has 0 aromatic heterocycles. The highest BCUT2D eigenvalue weighted by atomic mass is 16.5. The molecule has 13 rings (SSSR count). The van der Waals surface area contributed by atoms with Gasteiger partial charge in [-0.1, -0.05) is 193 Å². The summed E-state index contributed by atoms with van der Waals surface area (Å²) in [4.78, 5) is 23.0. The number of fused-ring (bicyclic) bond motifs is 17. The van der Waals surface area contributed by atoms with E-state index in [4.69, 9.17) is 9.47 Å². The Kier molecular flexibility index (Phi) is 21.2. The number of ether oxygens (including phenoxy) is 2. The van der Waals surface area contributed by atoms with Crippen LogP contribution in [-0.4, -0.2) is 24.1 Å². The van der Waals surface area contributed by atoms with Crippen LogP contribution in [0.2, 0.25) is 0 Å². The van der Waals surface area contributed by atoms with E-state index in [2.05, 4.69) is 144 Å². The molecule has 0 aromatic carbocycles. The molecule has 0 N–H and O–H groups in total. The minimum Gasteiger partial charge on any atom is -0.462 e. The van der Waals surface area contributed by atoms with Gasteiger partial charge in [-0.3, -0.25) is 9.59 Å². The Labute approximate surface area is 575 Å². The van der Waals surface area contributed by atoms with Gasteiger partial charge in [-0.25, -0.2) is 0 Å². The topological polar surface area (TPSA) is 52.6 Å². The fourth-order valence-electron chi connectivity index (χ4n) is 29.9. The molecule has 0 spiro atoms. The van der Waals surface area contributed by atoms with Crippen molar-refractivity contribution in [1.29, 1.82) is 0 Å². The fourth-order valence-corrected chi connectivity index (χ4v) is 29.9. The molecule has 93 heavy (non-hydrogen) atoms. The Balaban J connectivity index is 0.000000143. The average Bonchev–Trinajstić information content (AvgIpc) is 1.45. The molecule has 0 heterocycles. The van der Waals surface area contributed by atoms with Crippen LogP contribution in [-0.2, 0) is 19.1 Å². The molecule has 0 saturated heterocycles. The fraction of sp³-hybridized carbons (Fsp3) is 0.933. The Morgan fingerprint density at radius 2 is 0.925 bits per heavy atom. The molecule has 13 aliphatic rings. The van der Waals surface area contributed by atoms with E-state index in [0.717, 1.165) is 138 Å². The van der Waals surface area contributed by atoms with Crippen molar-refractivity contribution in [1.82, 2.24) is 0 Å². The van der Waals surface area contributed by atoms with Crippen molar-refractivity contribution < 1.29 is 19.1 Å². The third-order valence-electron chi connectivity index (χ3n) is 35.5. The number of carbonyl (C=O) groups excluding carboxylic acids is 2. The molecule has 13 aliphatic carbocycles. The van der Waals surface area contributed by atoms with Gasteiger partial charge in [0.2, 0.25) is 0 Å². The molecule has 0 radical (unpaired) electrons. The number of rotatable bonds is 13. The molecular formula is C89H150O4. The van der Waals surface area contributed by atoms with Gasteiger partial charge in [0.15, 0.2) is 0 Å². The Hall–Kier alpha value is -1.58. The largest absolute Gasteiger partial charge is 0.462 e. The zero-order valence-electron chi connectivity index (χ0n) is 65.0. The van der Waals surface area contributed by atoms with Crippen molar-refractivity contribution in [3.8, 4) is 0 Å². The Bertz CT molecular complexity index is 2560. The minimum absolute atomic E-state index is 0.115. The van der Waals surface area contributed by atoms with E-state index in [0.29, 0.717) is 48.7 Å². The van der Waals surface area contributed by atoms with Gasteiger partial charge < -0.3 is 9.47 Å². The van der Waals surface area contributed by atoms with Crippen LogP contribution >= 0.6 is 0 Å². The monoisotopic (exact) mass is 1280 g/mol. The molecule has 0 aromatic rings. The van der Waals surface area contributed by atoms with E-state index in [9.17, 15) is 9.59 Å². The summed E-state index contributed by atoms with van der Waals surface area (Å²) >= 11 is 0. The molecule has 4 nitrogen and oxygen atoms in total. The summed E-state index contributed by atoms with van der Waals surface area (Å²) in [5.41, 5.74) is 7.93. The first kappa shape index (κ1) is 72.7. The lowest BCUT2D eigenvalue weighted by Gasteiger charge is -2.73. The maximum atomic E-state index is 11.5. The molecule has 0 amide bonds. The van der Waals surface area contributed by atoms with Gasteiger partial charge in [0, 0.05) is 26.7 Å². The molecule has 3 unspecified atom stereocenters. The van der Waals surface area contributed by atoms with Crippen LogP contribution in [0.15, 0.2) is 23.3 Å².